The molecule has 1 saturated heterocycles. The van der Waals surface area contributed by atoms with E-state index in [-0.39, 0.29) is 16.6 Å². The number of piperidine rings is 1. The fraction of sp³-hybridized carbons (Fsp3) is 0.500. The highest BCUT2D eigenvalue weighted by atomic mass is 35.5. The molecule has 2 rings (SSSR count). The normalized spacial score (nSPS) is 22.6. The molecule has 1 fully saturated rings. The lowest BCUT2D eigenvalue weighted by molar-refractivity contribution is -0.384. The quantitative estimate of drug-likeness (QED) is 0.621. The predicted octanol–water partition coefficient (Wildman–Crippen LogP) is 3.37. The van der Waals surface area contributed by atoms with Gasteiger partial charge in [-0.3, -0.25) is 14.9 Å². The molecule has 6 heteroatoms. The second-order valence-electron chi connectivity index (χ2n) is 5.58. The number of halogens is 1. The number of rotatable bonds is 2. The topological polar surface area (TPSA) is 63.5 Å². The summed E-state index contributed by atoms with van der Waals surface area (Å²) in [5, 5.41) is 10.8. The zero-order valence-corrected chi connectivity index (χ0v) is 12.3. The first kappa shape index (κ1) is 14.8. The van der Waals surface area contributed by atoms with Crippen LogP contribution in [0.5, 0.6) is 0 Å². The molecule has 2 atom stereocenters. The van der Waals surface area contributed by atoms with E-state index in [2.05, 4.69) is 13.8 Å². The zero-order chi connectivity index (χ0) is 14.9. The van der Waals surface area contributed by atoms with Gasteiger partial charge in [0, 0.05) is 25.2 Å². The fourth-order valence-electron chi connectivity index (χ4n) is 2.79. The zero-order valence-electron chi connectivity index (χ0n) is 11.5. The van der Waals surface area contributed by atoms with Crippen molar-refractivity contribution in [3.8, 4) is 0 Å². The highest BCUT2D eigenvalue weighted by Crippen LogP contribution is 2.27. The van der Waals surface area contributed by atoms with Gasteiger partial charge < -0.3 is 4.90 Å². The summed E-state index contributed by atoms with van der Waals surface area (Å²) in [7, 11) is 0. The molecule has 0 unspecified atom stereocenters. The van der Waals surface area contributed by atoms with Crippen molar-refractivity contribution in [2.75, 3.05) is 13.1 Å². The second-order valence-corrected chi connectivity index (χ2v) is 5.98. The summed E-state index contributed by atoms with van der Waals surface area (Å²) in [6, 6.07) is 3.98. The molecule has 0 bridgehead atoms. The van der Waals surface area contributed by atoms with E-state index in [0.29, 0.717) is 30.5 Å². The van der Waals surface area contributed by atoms with Gasteiger partial charge in [0.25, 0.3) is 11.6 Å². The van der Waals surface area contributed by atoms with E-state index < -0.39 is 4.92 Å². The minimum absolute atomic E-state index is 0.105. The number of nitro groups is 1. The standard InChI is InChI=1S/C14H17ClN2O3/c1-9-5-10(2)8-16(7-9)14(18)12-4-3-11(17(19)20)6-13(12)15/h3-4,6,9-10H,5,7-8H2,1-2H3/t9-,10-/m1/s1. The SMILES string of the molecule is C[C@@H]1C[C@@H](C)CN(C(=O)c2ccc([N+](=O)[O-])cc2Cl)C1. The molecule has 0 saturated carbocycles. The van der Waals surface area contributed by atoms with Crippen LogP contribution in [-0.4, -0.2) is 28.8 Å². The Labute approximate surface area is 122 Å². The van der Waals surface area contributed by atoms with Crippen molar-refractivity contribution in [1.82, 2.24) is 4.90 Å². The Morgan fingerprint density at radius 2 is 1.95 bits per heavy atom. The first-order chi connectivity index (χ1) is 9.38. The van der Waals surface area contributed by atoms with Crippen LogP contribution in [0.15, 0.2) is 18.2 Å². The van der Waals surface area contributed by atoms with Crippen molar-refractivity contribution in [3.63, 3.8) is 0 Å². The van der Waals surface area contributed by atoms with Crippen LogP contribution in [0.4, 0.5) is 5.69 Å². The van der Waals surface area contributed by atoms with E-state index in [1.165, 1.54) is 18.2 Å². The van der Waals surface area contributed by atoms with E-state index >= 15 is 0 Å². The molecule has 1 amide bonds. The van der Waals surface area contributed by atoms with Crippen molar-refractivity contribution >= 4 is 23.2 Å². The summed E-state index contributed by atoms with van der Waals surface area (Å²) in [5.41, 5.74) is 0.227. The first-order valence-corrected chi connectivity index (χ1v) is 6.99. The Bertz CT molecular complexity index is 537. The lowest BCUT2D eigenvalue weighted by atomic mass is 9.91. The summed E-state index contributed by atoms with van der Waals surface area (Å²) in [5.74, 6) is 0.766. The van der Waals surface area contributed by atoms with Gasteiger partial charge in [-0.15, -0.1) is 0 Å². The number of carbonyl (C=O) groups excluding carboxylic acids is 1. The van der Waals surface area contributed by atoms with Crippen molar-refractivity contribution < 1.29 is 9.72 Å². The Morgan fingerprint density at radius 1 is 1.35 bits per heavy atom. The van der Waals surface area contributed by atoms with Crippen molar-refractivity contribution in [2.24, 2.45) is 11.8 Å². The number of hydrogen-bond acceptors (Lipinski definition) is 3. The molecule has 0 N–H and O–H groups in total. The first-order valence-electron chi connectivity index (χ1n) is 6.61. The molecule has 20 heavy (non-hydrogen) atoms. The molecule has 1 aliphatic rings. The number of nitrogens with zero attached hydrogens (tertiary/aromatic N) is 2. The van der Waals surface area contributed by atoms with Crippen LogP contribution in [0, 0.1) is 22.0 Å². The van der Waals surface area contributed by atoms with Gasteiger partial charge in [-0.2, -0.15) is 0 Å². The molecule has 108 valence electrons. The van der Waals surface area contributed by atoms with Gasteiger partial charge in [0.2, 0.25) is 0 Å². The summed E-state index contributed by atoms with van der Waals surface area (Å²) in [6.07, 6.45) is 1.11. The molecule has 0 aliphatic carbocycles. The van der Waals surface area contributed by atoms with Gasteiger partial charge >= 0.3 is 0 Å². The third-order valence-electron chi connectivity index (χ3n) is 3.55. The Kier molecular flexibility index (Phi) is 4.28. The third-order valence-corrected chi connectivity index (χ3v) is 3.86. The van der Waals surface area contributed by atoms with Crippen LogP contribution in [0.3, 0.4) is 0 Å². The molecular formula is C14H17ClN2O3. The average Bonchev–Trinajstić information content (AvgIpc) is 2.36. The van der Waals surface area contributed by atoms with Crippen LogP contribution < -0.4 is 0 Å². The summed E-state index contributed by atoms with van der Waals surface area (Å²) < 4.78 is 0. The van der Waals surface area contributed by atoms with Gasteiger partial charge in [-0.05, 0) is 24.3 Å². The Morgan fingerprint density at radius 3 is 2.45 bits per heavy atom. The summed E-state index contributed by atoms with van der Waals surface area (Å²) >= 11 is 6.01. The minimum atomic E-state index is -0.523. The van der Waals surface area contributed by atoms with Gasteiger partial charge in [-0.25, -0.2) is 0 Å². The van der Waals surface area contributed by atoms with Crippen LogP contribution in [0.25, 0.3) is 0 Å². The van der Waals surface area contributed by atoms with E-state index in [9.17, 15) is 14.9 Å². The van der Waals surface area contributed by atoms with Crippen molar-refractivity contribution in [3.05, 3.63) is 38.9 Å². The number of hydrogen-bond donors (Lipinski definition) is 0. The summed E-state index contributed by atoms with van der Waals surface area (Å²) in [6.45, 7) is 5.65. The Balaban J connectivity index is 2.23. The molecule has 1 aliphatic heterocycles. The molecule has 1 aromatic carbocycles. The van der Waals surface area contributed by atoms with Gasteiger partial charge in [-0.1, -0.05) is 25.4 Å². The highest BCUT2D eigenvalue weighted by molar-refractivity contribution is 6.34. The molecule has 0 spiro atoms. The van der Waals surface area contributed by atoms with E-state index in [0.717, 1.165) is 6.42 Å². The second kappa shape index (κ2) is 5.79. The van der Waals surface area contributed by atoms with Crippen LogP contribution >= 0.6 is 11.6 Å². The lowest BCUT2D eigenvalue weighted by Crippen LogP contribution is -2.42. The predicted molar refractivity (Wildman–Crippen MR) is 77.0 cm³/mol. The number of non-ortho nitro benzene ring substituents is 1. The maximum absolute atomic E-state index is 12.5. The molecule has 0 radical (unpaired) electrons. The van der Waals surface area contributed by atoms with E-state index in [1.807, 2.05) is 0 Å². The average molecular weight is 297 g/mol. The van der Waals surface area contributed by atoms with E-state index in [4.69, 9.17) is 11.6 Å². The van der Waals surface area contributed by atoms with Crippen molar-refractivity contribution in [2.45, 2.75) is 20.3 Å². The van der Waals surface area contributed by atoms with Crippen LogP contribution in [0.1, 0.15) is 30.6 Å². The Hall–Kier alpha value is -1.62. The molecule has 5 nitrogen and oxygen atoms in total. The number of benzene rings is 1. The third kappa shape index (κ3) is 3.10. The van der Waals surface area contributed by atoms with E-state index in [1.54, 1.807) is 4.90 Å². The molecule has 1 heterocycles. The van der Waals surface area contributed by atoms with Gasteiger partial charge in [0.1, 0.15) is 0 Å². The van der Waals surface area contributed by atoms with Crippen LogP contribution in [0.2, 0.25) is 5.02 Å². The smallest absolute Gasteiger partial charge is 0.270 e. The largest absolute Gasteiger partial charge is 0.338 e. The summed E-state index contributed by atoms with van der Waals surface area (Å²) in [4.78, 5) is 24.4. The maximum Gasteiger partial charge on any atom is 0.270 e. The number of carbonyl (C=O) groups is 1. The monoisotopic (exact) mass is 296 g/mol. The number of likely N-dealkylation sites (tertiary alicyclic amines) is 1. The van der Waals surface area contributed by atoms with Crippen molar-refractivity contribution in [1.29, 1.82) is 0 Å². The van der Waals surface area contributed by atoms with Gasteiger partial charge in [0.05, 0.1) is 15.5 Å². The molecule has 1 aromatic rings. The molecule has 0 aromatic heterocycles. The minimum Gasteiger partial charge on any atom is -0.338 e. The lowest BCUT2D eigenvalue weighted by Gasteiger charge is -2.35. The van der Waals surface area contributed by atoms with Crippen LogP contribution in [-0.2, 0) is 0 Å². The maximum atomic E-state index is 12.5. The number of nitro benzene ring substituents is 1. The highest BCUT2D eigenvalue weighted by Gasteiger charge is 2.27. The number of amides is 1. The van der Waals surface area contributed by atoms with Gasteiger partial charge in [0.15, 0.2) is 0 Å². The fourth-order valence-corrected chi connectivity index (χ4v) is 3.05. The molecular weight excluding hydrogens is 280 g/mol.